The van der Waals surface area contributed by atoms with Crippen LogP contribution in [0, 0.1) is 12.7 Å². The van der Waals surface area contributed by atoms with Crippen molar-refractivity contribution in [2.45, 2.75) is 19.6 Å². The molecular formula is C15H16ClFN2O2S. The van der Waals surface area contributed by atoms with E-state index in [1.807, 2.05) is 19.1 Å². The molecule has 22 heavy (non-hydrogen) atoms. The van der Waals surface area contributed by atoms with Crippen LogP contribution in [0.3, 0.4) is 0 Å². The number of thiophene rings is 1. The molecule has 0 aliphatic heterocycles. The van der Waals surface area contributed by atoms with Crippen LogP contribution in [0.2, 0.25) is 5.02 Å². The van der Waals surface area contributed by atoms with Crippen molar-refractivity contribution < 1.29 is 14.3 Å². The van der Waals surface area contributed by atoms with Gasteiger partial charge in [0.15, 0.2) is 0 Å². The van der Waals surface area contributed by atoms with Crippen molar-refractivity contribution in [3.8, 4) is 0 Å². The van der Waals surface area contributed by atoms with E-state index in [4.69, 9.17) is 11.6 Å². The first-order valence-corrected chi connectivity index (χ1v) is 7.85. The smallest absolute Gasteiger partial charge is 0.315 e. The van der Waals surface area contributed by atoms with Crippen LogP contribution < -0.4 is 10.6 Å². The zero-order chi connectivity index (χ0) is 16.1. The number of rotatable bonds is 5. The van der Waals surface area contributed by atoms with E-state index in [0.717, 1.165) is 10.9 Å². The normalized spacial score (nSPS) is 12.0. The highest BCUT2D eigenvalue weighted by atomic mass is 35.5. The third-order valence-corrected chi connectivity index (χ3v) is 4.31. The molecule has 2 rings (SSSR count). The molecule has 1 aromatic heterocycles. The minimum absolute atomic E-state index is 0.00658. The lowest BCUT2D eigenvalue weighted by atomic mass is 10.1. The second-order valence-electron chi connectivity index (χ2n) is 4.77. The number of halogens is 2. The number of nitrogens with one attached hydrogen (secondary N) is 2. The Bertz CT molecular complexity index is 663. The molecule has 0 bridgehead atoms. The molecular weight excluding hydrogens is 327 g/mol. The van der Waals surface area contributed by atoms with Gasteiger partial charge >= 0.3 is 6.03 Å². The Morgan fingerprint density at radius 1 is 1.36 bits per heavy atom. The Morgan fingerprint density at radius 2 is 2.14 bits per heavy atom. The van der Waals surface area contributed by atoms with E-state index in [1.54, 1.807) is 11.3 Å². The average Bonchev–Trinajstić information content (AvgIpc) is 2.91. The summed E-state index contributed by atoms with van der Waals surface area (Å²) in [5.74, 6) is -0.601. The number of hydrogen-bond acceptors (Lipinski definition) is 3. The maximum Gasteiger partial charge on any atom is 0.315 e. The molecule has 2 aromatic rings. The number of urea groups is 1. The van der Waals surface area contributed by atoms with Gasteiger partial charge in [0.05, 0.1) is 17.7 Å². The standard InChI is InChI=1S/C15H16ClFN2O2S/c1-9-2-4-11(22-9)7-18-15(21)19-8-14(20)10-3-5-12(16)13(17)6-10/h2-6,14,20H,7-8H2,1H3,(H2,18,19,21). The number of aliphatic hydroxyl groups excluding tert-OH is 1. The number of aliphatic hydroxyl groups is 1. The highest BCUT2D eigenvalue weighted by Gasteiger charge is 2.11. The number of carbonyl (C=O) groups excluding carboxylic acids is 1. The predicted octanol–water partition coefficient (Wildman–Crippen LogP) is 3.38. The van der Waals surface area contributed by atoms with Crippen LogP contribution in [0.15, 0.2) is 30.3 Å². The molecule has 7 heteroatoms. The van der Waals surface area contributed by atoms with E-state index in [-0.39, 0.29) is 17.6 Å². The summed E-state index contributed by atoms with van der Waals surface area (Å²) in [6, 6.07) is 7.59. The van der Waals surface area contributed by atoms with Crippen LogP contribution in [0.25, 0.3) is 0 Å². The van der Waals surface area contributed by atoms with Crippen molar-refractivity contribution in [2.75, 3.05) is 6.54 Å². The van der Waals surface area contributed by atoms with Crippen molar-refractivity contribution in [1.82, 2.24) is 10.6 Å². The molecule has 0 radical (unpaired) electrons. The van der Waals surface area contributed by atoms with E-state index < -0.39 is 11.9 Å². The summed E-state index contributed by atoms with van der Waals surface area (Å²) in [6.07, 6.45) is -0.999. The van der Waals surface area contributed by atoms with Gasteiger partial charge < -0.3 is 15.7 Å². The second-order valence-corrected chi connectivity index (χ2v) is 6.54. The van der Waals surface area contributed by atoms with E-state index in [0.29, 0.717) is 12.1 Å². The lowest BCUT2D eigenvalue weighted by Gasteiger charge is -2.13. The van der Waals surface area contributed by atoms with Gasteiger partial charge in [-0.05, 0) is 36.8 Å². The molecule has 3 N–H and O–H groups in total. The summed E-state index contributed by atoms with van der Waals surface area (Å²) >= 11 is 7.19. The molecule has 0 saturated heterocycles. The maximum atomic E-state index is 13.3. The molecule has 1 atom stereocenters. The van der Waals surface area contributed by atoms with Gasteiger partial charge in [-0.25, -0.2) is 9.18 Å². The Hall–Kier alpha value is -1.63. The first-order chi connectivity index (χ1) is 10.5. The number of hydrogen-bond donors (Lipinski definition) is 3. The van der Waals surface area contributed by atoms with Gasteiger partial charge in [-0.1, -0.05) is 17.7 Å². The minimum Gasteiger partial charge on any atom is -0.387 e. The highest BCUT2D eigenvalue weighted by Crippen LogP contribution is 2.20. The lowest BCUT2D eigenvalue weighted by molar-refractivity contribution is 0.172. The molecule has 4 nitrogen and oxygen atoms in total. The molecule has 118 valence electrons. The SMILES string of the molecule is Cc1ccc(CNC(=O)NCC(O)c2ccc(Cl)c(F)c2)s1. The van der Waals surface area contributed by atoms with Gasteiger partial charge in [0.2, 0.25) is 0 Å². The Kier molecular flexibility index (Phi) is 5.76. The van der Waals surface area contributed by atoms with Crippen molar-refractivity contribution in [2.24, 2.45) is 0 Å². The zero-order valence-corrected chi connectivity index (χ0v) is 13.5. The van der Waals surface area contributed by atoms with E-state index in [2.05, 4.69) is 10.6 Å². The Labute approximate surface area is 136 Å². The molecule has 2 amide bonds. The summed E-state index contributed by atoms with van der Waals surface area (Å²) in [5.41, 5.74) is 0.357. The Balaban J connectivity index is 1.78. The molecule has 0 aliphatic carbocycles. The number of aryl methyl sites for hydroxylation is 1. The summed E-state index contributed by atoms with van der Waals surface area (Å²) in [7, 11) is 0. The quantitative estimate of drug-likeness (QED) is 0.780. The summed E-state index contributed by atoms with van der Waals surface area (Å²) in [4.78, 5) is 13.9. The van der Waals surface area contributed by atoms with E-state index in [9.17, 15) is 14.3 Å². The zero-order valence-electron chi connectivity index (χ0n) is 11.9. The van der Waals surface area contributed by atoms with E-state index in [1.165, 1.54) is 17.0 Å². The summed E-state index contributed by atoms with van der Waals surface area (Å²) in [6.45, 7) is 2.40. The number of amides is 2. The fourth-order valence-corrected chi connectivity index (χ4v) is 2.78. The van der Waals surface area contributed by atoms with E-state index >= 15 is 0 Å². The van der Waals surface area contributed by atoms with Crippen LogP contribution in [0.5, 0.6) is 0 Å². The average molecular weight is 343 g/mol. The van der Waals surface area contributed by atoms with Gasteiger partial charge in [-0.2, -0.15) is 0 Å². The number of carbonyl (C=O) groups is 1. The highest BCUT2D eigenvalue weighted by molar-refractivity contribution is 7.11. The molecule has 1 heterocycles. The fourth-order valence-electron chi connectivity index (χ4n) is 1.84. The summed E-state index contributed by atoms with van der Waals surface area (Å²) in [5, 5.41) is 15.2. The molecule has 0 aliphatic rings. The molecule has 0 saturated carbocycles. The monoisotopic (exact) mass is 342 g/mol. The van der Waals surface area contributed by atoms with Gasteiger partial charge in [-0.3, -0.25) is 0 Å². The topological polar surface area (TPSA) is 61.4 Å². The second kappa shape index (κ2) is 7.58. The van der Waals surface area contributed by atoms with Gasteiger partial charge in [-0.15, -0.1) is 11.3 Å². The molecule has 1 unspecified atom stereocenters. The van der Waals surface area contributed by atoms with Crippen molar-refractivity contribution in [3.05, 3.63) is 56.5 Å². The summed E-state index contributed by atoms with van der Waals surface area (Å²) < 4.78 is 13.3. The predicted molar refractivity (Wildman–Crippen MR) is 85.7 cm³/mol. The first-order valence-electron chi connectivity index (χ1n) is 6.65. The van der Waals surface area contributed by atoms with Gasteiger partial charge in [0.1, 0.15) is 5.82 Å². The first kappa shape index (κ1) is 16.7. The third kappa shape index (κ3) is 4.69. The number of benzene rings is 1. The lowest BCUT2D eigenvalue weighted by Crippen LogP contribution is -2.37. The van der Waals surface area contributed by atoms with Crippen LogP contribution in [0.1, 0.15) is 21.4 Å². The minimum atomic E-state index is -0.999. The third-order valence-electron chi connectivity index (χ3n) is 3.00. The molecule has 0 spiro atoms. The fraction of sp³-hybridized carbons (Fsp3) is 0.267. The molecule has 1 aromatic carbocycles. The maximum absolute atomic E-state index is 13.3. The van der Waals surface area contributed by atoms with Crippen molar-refractivity contribution >= 4 is 29.0 Å². The van der Waals surface area contributed by atoms with Crippen molar-refractivity contribution in [1.29, 1.82) is 0 Å². The van der Waals surface area contributed by atoms with Crippen LogP contribution in [-0.2, 0) is 6.54 Å². The van der Waals surface area contributed by atoms with Crippen molar-refractivity contribution in [3.63, 3.8) is 0 Å². The van der Waals surface area contributed by atoms with Crippen LogP contribution in [-0.4, -0.2) is 17.7 Å². The van der Waals surface area contributed by atoms with Crippen LogP contribution in [0.4, 0.5) is 9.18 Å². The Morgan fingerprint density at radius 3 is 2.77 bits per heavy atom. The molecule has 0 fully saturated rings. The van der Waals surface area contributed by atoms with Gasteiger partial charge in [0, 0.05) is 16.3 Å². The van der Waals surface area contributed by atoms with Crippen LogP contribution >= 0.6 is 22.9 Å². The van der Waals surface area contributed by atoms with Gasteiger partial charge in [0.25, 0.3) is 0 Å². The largest absolute Gasteiger partial charge is 0.387 e.